The van der Waals surface area contributed by atoms with E-state index in [-0.39, 0.29) is 16.5 Å². The maximum absolute atomic E-state index is 11.2. The van der Waals surface area contributed by atoms with Crippen LogP contribution in [0.15, 0.2) is 29.4 Å². The number of nitro benzene ring substituents is 1. The van der Waals surface area contributed by atoms with E-state index in [1.54, 1.807) is 0 Å². The second-order valence-corrected chi connectivity index (χ2v) is 3.86. The fourth-order valence-electron chi connectivity index (χ4n) is 1.38. The zero-order valence-electron chi connectivity index (χ0n) is 11.0. The van der Waals surface area contributed by atoms with Crippen LogP contribution in [0.5, 0.6) is 0 Å². The van der Waals surface area contributed by atoms with Gasteiger partial charge in [0, 0.05) is 31.1 Å². The van der Waals surface area contributed by atoms with E-state index in [1.807, 2.05) is 0 Å². The summed E-state index contributed by atoms with van der Waals surface area (Å²) in [5.74, 6) is -1.45. The van der Waals surface area contributed by atoms with Crippen LogP contribution in [0, 0.1) is 20.2 Å². The van der Waals surface area contributed by atoms with Crippen molar-refractivity contribution in [2.24, 2.45) is 5.10 Å². The number of anilines is 1. The van der Waals surface area contributed by atoms with Gasteiger partial charge in [-0.3, -0.25) is 19.7 Å². The van der Waals surface area contributed by atoms with Crippen molar-refractivity contribution in [3.05, 3.63) is 44.5 Å². The molecule has 110 valence electrons. The number of hydrazine groups is 1. The predicted molar refractivity (Wildman–Crippen MR) is 71.4 cm³/mol. The summed E-state index contributed by atoms with van der Waals surface area (Å²) in [6.45, 7) is 2.10. The van der Waals surface area contributed by atoms with Gasteiger partial charge in [0.25, 0.3) is 11.4 Å². The van der Waals surface area contributed by atoms with Crippen LogP contribution in [-0.4, -0.2) is 27.2 Å². The van der Waals surface area contributed by atoms with Gasteiger partial charge >= 0.3 is 0 Å². The Morgan fingerprint density at radius 1 is 1.05 bits per heavy atom. The number of hydrogen-bond donors (Lipinski definition) is 0. The van der Waals surface area contributed by atoms with Gasteiger partial charge < -0.3 is 10.1 Å². The van der Waals surface area contributed by atoms with Crippen molar-refractivity contribution in [3.8, 4) is 0 Å². The van der Waals surface area contributed by atoms with Crippen LogP contribution in [0.2, 0.25) is 0 Å². The molecule has 0 aliphatic carbocycles. The summed E-state index contributed by atoms with van der Waals surface area (Å²) >= 11 is 0. The maximum Gasteiger partial charge on any atom is 0.286 e. The molecule has 0 amide bonds. The summed E-state index contributed by atoms with van der Waals surface area (Å²) in [6.07, 6.45) is 0. The molecule has 0 spiro atoms. The number of rotatable bonds is 6. The van der Waals surface area contributed by atoms with E-state index in [9.17, 15) is 29.8 Å². The lowest BCUT2D eigenvalue weighted by atomic mass is 10.2. The van der Waals surface area contributed by atoms with Crippen LogP contribution in [0.25, 0.3) is 0 Å². The standard InChI is InChI=1S/C11H10N4O6/c1-7(16)11(8(2)17)12-13(15(20)21)9-3-5-10(6-4-9)14(18)19/h3-6H,1-2H3. The average molecular weight is 294 g/mol. The molecule has 10 heteroatoms. The number of non-ortho nitro benzene ring substituents is 1. The fourth-order valence-corrected chi connectivity index (χ4v) is 1.38. The summed E-state index contributed by atoms with van der Waals surface area (Å²) in [4.78, 5) is 43.3. The molecule has 1 rings (SSSR count). The third-order valence-electron chi connectivity index (χ3n) is 2.31. The Labute approximate surface area is 117 Å². The van der Waals surface area contributed by atoms with Crippen molar-refractivity contribution in [2.75, 3.05) is 5.12 Å². The summed E-state index contributed by atoms with van der Waals surface area (Å²) < 4.78 is 0. The number of nitro groups is 2. The quantitative estimate of drug-likeness (QED) is 0.332. The Hall–Kier alpha value is -3.17. The zero-order chi connectivity index (χ0) is 16.2. The molecule has 0 unspecified atom stereocenters. The van der Waals surface area contributed by atoms with Crippen molar-refractivity contribution in [2.45, 2.75) is 13.8 Å². The SMILES string of the molecule is CC(=O)C(=NN(c1ccc([N+](=O)[O-])cc1)[N+](=O)[O-])C(C)=O. The minimum absolute atomic E-state index is 0.134. The number of nitrogens with zero attached hydrogens (tertiary/aromatic N) is 4. The van der Waals surface area contributed by atoms with Gasteiger partial charge in [-0.2, -0.15) is 0 Å². The van der Waals surface area contributed by atoms with Gasteiger partial charge in [-0.25, -0.2) is 0 Å². The molecule has 0 bridgehead atoms. The van der Waals surface area contributed by atoms with E-state index < -0.39 is 27.2 Å². The van der Waals surface area contributed by atoms with E-state index >= 15 is 0 Å². The van der Waals surface area contributed by atoms with Crippen molar-refractivity contribution in [3.63, 3.8) is 0 Å². The minimum Gasteiger partial charge on any atom is -0.339 e. The first-order valence-corrected chi connectivity index (χ1v) is 5.53. The number of ketones is 2. The lowest BCUT2D eigenvalue weighted by Gasteiger charge is -2.08. The second-order valence-electron chi connectivity index (χ2n) is 3.86. The number of Topliss-reactive ketones (excluding diaryl/α,β-unsaturated/α-hetero) is 2. The smallest absolute Gasteiger partial charge is 0.286 e. The van der Waals surface area contributed by atoms with E-state index in [1.165, 1.54) is 0 Å². The van der Waals surface area contributed by atoms with Crippen LogP contribution in [0.1, 0.15) is 13.8 Å². The molecule has 10 nitrogen and oxygen atoms in total. The van der Waals surface area contributed by atoms with Gasteiger partial charge in [-0.1, -0.05) is 0 Å². The highest BCUT2D eigenvalue weighted by molar-refractivity contribution is 6.65. The summed E-state index contributed by atoms with van der Waals surface area (Å²) in [6, 6.07) is 4.26. The molecule has 0 aromatic heterocycles. The van der Waals surface area contributed by atoms with Crippen LogP contribution < -0.4 is 5.12 Å². The van der Waals surface area contributed by atoms with Crippen LogP contribution in [-0.2, 0) is 9.59 Å². The first kappa shape index (κ1) is 15.9. The van der Waals surface area contributed by atoms with Gasteiger partial charge in [-0.15, -0.1) is 0 Å². The Balaban J connectivity index is 3.27. The van der Waals surface area contributed by atoms with Gasteiger partial charge in [0.15, 0.2) is 0 Å². The molecule has 0 fully saturated rings. The Morgan fingerprint density at radius 3 is 1.86 bits per heavy atom. The zero-order valence-corrected chi connectivity index (χ0v) is 11.0. The van der Waals surface area contributed by atoms with E-state index in [2.05, 4.69) is 5.10 Å². The van der Waals surface area contributed by atoms with E-state index in [0.29, 0.717) is 0 Å². The van der Waals surface area contributed by atoms with Crippen molar-refractivity contribution in [1.82, 2.24) is 0 Å². The Bertz CT molecular complexity index is 621. The van der Waals surface area contributed by atoms with Gasteiger partial charge in [0.05, 0.1) is 15.1 Å². The first-order chi connectivity index (χ1) is 9.73. The average Bonchev–Trinajstić information content (AvgIpc) is 2.38. The van der Waals surface area contributed by atoms with Crippen molar-refractivity contribution >= 4 is 28.7 Å². The number of carbonyl (C=O) groups excluding carboxylic acids is 2. The third-order valence-corrected chi connectivity index (χ3v) is 2.31. The van der Waals surface area contributed by atoms with Gasteiger partial charge in [0.1, 0.15) is 5.69 Å². The fraction of sp³-hybridized carbons (Fsp3) is 0.182. The normalized spacial score (nSPS) is 9.62. The topological polar surface area (TPSA) is 136 Å². The van der Waals surface area contributed by atoms with Crippen LogP contribution in [0.4, 0.5) is 11.4 Å². The third kappa shape index (κ3) is 3.89. The van der Waals surface area contributed by atoms with Crippen molar-refractivity contribution in [1.29, 1.82) is 0 Å². The molecular formula is C11H10N4O6. The van der Waals surface area contributed by atoms with Crippen LogP contribution in [0.3, 0.4) is 0 Å². The van der Waals surface area contributed by atoms with Gasteiger partial charge in [-0.05, 0) is 12.1 Å². The highest BCUT2D eigenvalue weighted by atomic mass is 16.7. The Morgan fingerprint density at radius 2 is 1.52 bits per heavy atom. The van der Waals surface area contributed by atoms with Crippen LogP contribution >= 0.6 is 0 Å². The summed E-state index contributed by atoms with van der Waals surface area (Å²) in [5.41, 5.74) is -0.986. The lowest BCUT2D eigenvalue weighted by molar-refractivity contribution is -0.495. The van der Waals surface area contributed by atoms with Gasteiger partial charge in [0.2, 0.25) is 11.6 Å². The highest BCUT2D eigenvalue weighted by Gasteiger charge is 2.25. The summed E-state index contributed by atoms with van der Waals surface area (Å²) in [5, 5.41) is 24.1. The van der Waals surface area contributed by atoms with E-state index in [0.717, 1.165) is 38.1 Å². The molecule has 0 saturated heterocycles. The molecule has 0 N–H and O–H groups in total. The van der Waals surface area contributed by atoms with E-state index in [4.69, 9.17) is 0 Å². The molecular weight excluding hydrogens is 284 g/mol. The minimum atomic E-state index is -0.951. The predicted octanol–water partition coefficient (Wildman–Crippen LogP) is 1.13. The molecule has 0 heterocycles. The molecule has 0 radical (unpaired) electrons. The Kier molecular flexibility index (Phi) is 4.78. The molecule has 0 aliphatic heterocycles. The number of carbonyl (C=O) groups is 2. The summed E-state index contributed by atoms with van der Waals surface area (Å²) in [7, 11) is 0. The first-order valence-electron chi connectivity index (χ1n) is 5.53. The van der Waals surface area contributed by atoms with Crippen molar-refractivity contribution < 1.29 is 19.5 Å². The molecule has 1 aromatic rings. The second kappa shape index (κ2) is 6.32. The molecule has 0 saturated carbocycles. The largest absolute Gasteiger partial charge is 0.339 e. The number of benzene rings is 1. The monoisotopic (exact) mass is 294 g/mol. The molecule has 0 atom stereocenters. The highest BCUT2D eigenvalue weighted by Crippen LogP contribution is 2.19. The molecule has 0 aliphatic rings. The maximum atomic E-state index is 11.2. The number of hydrazone groups is 1. The molecule has 21 heavy (non-hydrogen) atoms. The lowest BCUT2D eigenvalue weighted by Crippen LogP contribution is -2.30. The molecule has 1 aromatic carbocycles. The number of hydrogen-bond acceptors (Lipinski definition) is 7.